The minimum Gasteiger partial charge on any atom is -0.387 e. The van der Waals surface area contributed by atoms with Crippen LogP contribution in [0.5, 0.6) is 0 Å². The van der Waals surface area contributed by atoms with Gasteiger partial charge in [-0.1, -0.05) is 12.1 Å². The minimum absolute atomic E-state index is 0.203. The number of aliphatic hydroxyl groups excluding tert-OH is 1. The average Bonchev–Trinajstić information content (AvgIpc) is 2.83. The number of nitrogens with one attached hydrogen (secondary N) is 1. The molecule has 2 nitrogen and oxygen atoms in total. The Kier molecular flexibility index (Phi) is 4.69. The quantitative estimate of drug-likeness (QED) is 0.877. The molecule has 0 saturated carbocycles. The molecule has 0 aliphatic heterocycles. The molecular weight excluding hydrogens is 261 g/mol. The molecule has 0 bridgehead atoms. The Morgan fingerprint density at radius 3 is 2.47 bits per heavy atom. The second-order valence-electron chi connectivity index (χ2n) is 4.65. The molecule has 1 aromatic carbocycles. The summed E-state index contributed by atoms with van der Waals surface area (Å²) in [6, 6.07) is 10.4. The second kappa shape index (κ2) is 6.28. The molecule has 0 aliphatic rings. The fraction of sp³-hybridized carbons (Fsp3) is 0.333. The molecule has 0 radical (unpaired) electrons. The van der Waals surface area contributed by atoms with Crippen molar-refractivity contribution in [2.24, 2.45) is 0 Å². The number of thiophene rings is 1. The minimum atomic E-state index is -0.621. The van der Waals surface area contributed by atoms with Gasteiger partial charge in [-0.15, -0.1) is 11.3 Å². The number of hydrogen-bond acceptors (Lipinski definition) is 3. The van der Waals surface area contributed by atoms with Crippen molar-refractivity contribution < 1.29 is 9.50 Å². The molecule has 0 aliphatic carbocycles. The van der Waals surface area contributed by atoms with Gasteiger partial charge in [0.1, 0.15) is 5.82 Å². The van der Waals surface area contributed by atoms with Gasteiger partial charge >= 0.3 is 0 Å². The fourth-order valence-electron chi connectivity index (χ4n) is 1.88. The van der Waals surface area contributed by atoms with Crippen molar-refractivity contribution in [2.75, 3.05) is 6.54 Å². The molecule has 2 rings (SSSR count). The first-order valence-corrected chi connectivity index (χ1v) is 7.11. The lowest BCUT2D eigenvalue weighted by Gasteiger charge is -2.16. The Morgan fingerprint density at radius 2 is 1.89 bits per heavy atom. The van der Waals surface area contributed by atoms with E-state index >= 15 is 0 Å². The molecule has 102 valence electrons. The molecule has 0 fully saturated rings. The van der Waals surface area contributed by atoms with Gasteiger partial charge in [0.25, 0.3) is 0 Å². The molecule has 2 N–H and O–H groups in total. The van der Waals surface area contributed by atoms with Gasteiger partial charge < -0.3 is 10.4 Å². The van der Waals surface area contributed by atoms with Crippen LogP contribution >= 0.6 is 11.3 Å². The van der Waals surface area contributed by atoms with Crippen LogP contribution in [0.1, 0.15) is 34.4 Å². The van der Waals surface area contributed by atoms with Gasteiger partial charge in [0.05, 0.1) is 6.10 Å². The maximum absolute atomic E-state index is 12.8. The lowest BCUT2D eigenvalue weighted by molar-refractivity contribution is 0.171. The van der Waals surface area contributed by atoms with E-state index in [4.69, 9.17) is 0 Å². The molecule has 2 aromatic rings. The maximum atomic E-state index is 12.8. The van der Waals surface area contributed by atoms with E-state index in [2.05, 4.69) is 31.3 Å². The average molecular weight is 279 g/mol. The van der Waals surface area contributed by atoms with Gasteiger partial charge in [-0.3, -0.25) is 0 Å². The summed E-state index contributed by atoms with van der Waals surface area (Å²) in [5.74, 6) is -0.286. The van der Waals surface area contributed by atoms with Crippen LogP contribution in [0, 0.1) is 12.7 Å². The van der Waals surface area contributed by atoms with Crippen LogP contribution in [0.2, 0.25) is 0 Å². The lowest BCUT2D eigenvalue weighted by atomic mass is 10.1. The topological polar surface area (TPSA) is 32.3 Å². The molecule has 2 unspecified atom stereocenters. The zero-order valence-corrected chi connectivity index (χ0v) is 11.9. The third kappa shape index (κ3) is 3.86. The van der Waals surface area contributed by atoms with Crippen molar-refractivity contribution in [3.63, 3.8) is 0 Å². The second-order valence-corrected chi connectivity index (χ2v) is 5.97. The molecule has 0 spiro atoms. The van der Waals surface area contributed by atoms with Crippen molar-refractivity contribution in [3.05, 3.63) is 57.5 Å². The normalized spacial score (nSPS) is 14.3. The molecule has 19 heavy (non-hydrogen) atoms. The summed E-state index contributed by atoms with van der Waals surface area (Å²) < 4.78 is 12.8. The predicted octanol–water partition coefficient (Wildman–Crippen LogP) is 3.58. The van der Waals surface area contributed by atoms with Crippen molar-refractivity contribution in [3.8, 4) is 0 Å². The van der Waals surface area contributed by atoms with Crippen LogP contribution in [0.4, 0.5) is 4.39 Å². The van der Waals surface area contributed by atoms with Gasteiger partial charge in [0.2, 0.25) is 0 Å². The summed E-state index contributed by atoms with van der Waals surface area (Å²) in [5, 5.41) is 13.3. The van der Waals surface area contributed by atoms with E-state index in [1.54, 1.807) is 23.5 Å². The highest BCUT2D eigenvalue weighted by Gasteiger charge is 2.11. The first kappa shape index (κ1) is 14.2. The third-order valence-corrected chi connectivity index (χ3v) is 4.24. The van der Waals surface area contributed by atoms with E-state index in [1.807, 2.05) is 0 Å². The number of hydrogen-bond donors (Lipinski definition) is 2. The van der Waals surface area contributed by atoms with Crippen molar-refractivity contribution in [2.45, 2.75) is 26.0 Å². The van der Waals surface area contributed by atoms with E-state index in [0.717, 1.165) is 5.56 Å². The smallest absolute Gasteiger partial charge is 0.123 e. The Balaban J connectivity index is 1.89. The Bertz CT molecular complexity index is 523. The first-order chi connectivity index (χ1) is 9.06. The van der Waals surface area contributed by atoms with Gasteiger partial charge in [-0.2, -0.15) is 0 Å². The zero-order chi connectivity index (χ0) is 13.8. The third-order valence-electron chi connectivity index (χ3n) is 3.06. The summed E-state index contributed by atoms with van der Waals surface area (Å²) in [7, 11) is 0. The van der Waals surface area contributed by atoms with Crippen LogP contribution in [-0.4, -0.2) is 11.7 Å². The highest BCUT2D eigenvalue weighted by Crippen LogP contribution is 2.23. The summed E-state index contributed by atoms with van der Waals surface area (Å²) >= 11 is 1.75. The van der Waals surface area contributed by atoms with Crippen molar-refractivity contribution in [1.29, 1.82) is 0 Å². The molecule has 0 amide bonds. The zero-order valence-electron chi connectivity index (χ0n) is 11.1. The Labute approximate surface area is 116 Å². The van der Waals surface area contributed by atoms with Gasteiger partial charge in [-0.25, -0.2) is 4.39 Å². The molecule has 0 saturated heterocycles. The van der Waals surface area contributed by atoms with E-state index < -0.39 is 6.10 Å². The SMILES string of the molecule is Cc1ccc(C(C)NCC(O)c2ccc(F)cc2)s1. The van der Waals surface area contributed by atoms with Crippen LogP contribution in [0.3, 0.4) is 0 Å². The van der Waals surface area contributed by atoms with E-state index in [1.165, 1.54) is 21.9 Å². The number of aliphatic hydroxyl groups is 1. The number of halogens is 1. The van der Waals surface area contributed by atoms with Crippen molar-refractivity contribution in [1.82, 2.24) is 5.32 Å². The summed E-state index contributed by atoms with van der Waals surface area (Å²) in [6.07, 6.45) is -0.621. The fourth-order valence-corrected chi connectivity index (χ4v) is 2.78. The lowest BCUT2D eigenvalue weighted by Crippen LogP contribution is -2.24. The molecule has 1 aromatic heterocycles. The van der Waals surface area contributed by atoms with E-state index in [9.17, 15) is 9.50 Å². The Hall–Kier alpha value is -1.23. The van der Waals surface area contributed by atoms with Crippen molar-refractivity contribution >= 4 is 11.3 Å². The number of aryl methyl sites for hydroxylation is 1. The van der Waals surface area contributed by atoms with Gasteiger partial charge in [0, 0.05) is 22.3 Å². The molecule has 4 heteroatoms. The highest BCUT2D eigenvalue weighted by atomic mass is 32.1. The first-order valence-electron chi connectivity index (χ1n) is 6.29. The summed E-state index contributed by atoms with van der Waals surface area (Å²) in [6.45, 7) is 4.60. The Morgan fingerprint density at radius 1 is 1.21 bits per heavy atom. The highest BCUT2D eigenvalue weighted by molar-refractivity contribution is 7.12. The van der Waals surface area contributed by atoms with Crippen LogP contribution in [-0.2, 0) is 0 Å². The molecule has 2 atom stereocenters. The van der Waals surface area contributed by atoms with Crippen LogP contribution < -0.4 is 5.32 Å². The monoisotopic (exact) mass is 279 g/mol. The van der Waals surface area contributed by atoms with E-state index in [0.29, 0.717) is 6.54 Å². The molecule has 1 heterocycles. The van der Waals surface area contributed by atoms with Gasteiger partial charge in [0.15, 0.2) is 0 Å². The maximum Gasteiger partial charge on any atom is 0.123 e. The molecular formula is C15H18FNOS. The summed E-state index contributed by atoms with van der Waals surface area (Å²) in [4.78, 5) is 2.53. The summed E-state index contributed by atoms with van der Waals surface area (Å²) in [5.41, 5.74) is 0.725. The number of benzene rings is 1. The van der Waals surface area contributed by atoms with Crippen LogP contribution in [0.15, 0.2) is 36.4 Å². The van der Waals surface area contributed by atoms with E-state index in [-0.39, 0.29) is 11.9 Å². The number of rotatable bonds is 5. The van der Waals surface area contributed by atoms with Crippen LogP contribution in [0.25, 0.3) is 0 Å². The van der Waals surface area contributed by atoms with Gasteiger partial charge in [-0.05, 0) is 43.7 Å². The largest absolute Gasteiger partial charge is 0.387 e. The standard InChI is InChI=1S/C15H18FNOS/c1-10-3-8-15(19-10)11(2)17-9-14(18)12-4-6-13(16)7-5-12/h3-8,11,14,17-18H,9H2,1-2H3. The predicted molar refractivity (Wildman–Crippen MR) is 76.8 cm³/mol.